The van der Waals surface area contributed by atoms with E-state index < -0.39 is 18.2 Å². The average molecular weight is 858 g/mol. The van der Waals surface area contributed by atoms with Crippen LogP contribution in [-0.4, -0.2) is 46.9 Å². The third-order valence-electron chi connectivity index (χ3n) is 12.3. The lowest BCUT2D eigenvalue weighted by Gasteiger charge is -2.24. The Kier molecular flexibility index (Phi) is 47.6. The minimum atomic E-state index is -0.788. The van der Waals surface area contributed by atoms with Crippen LogP contribution in [0.25, 0.3) is 0 Å². The molecule has 0 saturated heterocycles. The van der Waals surface area contributed by atoms with E-state index in [1.165, 1.54) is 161 Å². The molecule has 0 heterocycles. The number of hydrogen-bond acceptors (Lipinski definition) is 5. The molecule has 0 aliphatic rings. The summed E-state index contributed by atoms with van der Waals surface area (Å²) in [5.41, 5.74) is 0. The molecule has 0 aliphatic carbocycles. The number of rotatable bonds is 48. The molecule has 0 aromatic carbocycles. The molecule has 6 heteroatoms. The van der Waals surface area contributed by atoms with Gasteiger partial charge >= 0.3 is 5.97 Å². The van der Waals surface area contributed by atoms with Crippen LogP contribution in [0.3, 0.4) is 0 Å². The van der Waals surface area contributed by atoms with Crippen LogP contribution in [0.4, 0.5) is 0 Å². The summed E-state index contributed by atoms with van der Waals surface area (Å²) in [7, 11) is 0. The van der Waals surface area contributed by atoms with Gasteiger partial charge in [0.1, 0.15) is 6.10 Å². The van der Waals surface area contributed by atoms with Crippen molar-refractivity contribution >= 4 is 11.9 Å². The minimum Gasteiger partial charge on any atom is -0.462 e. The Labute approximate surface area is 379 Å². The van der Waals surface area contributed by atoms with Crippen molar-refractivity contribution in [3.63, 3.8) is 0 Å². The Morgan fingerprint density at radius 1 is 0.475 bits per heavy atom. The van der Waals surface area contributed by atoms with Crippen LogP contribution in [0, 0.1) is 0 Å². The fourth-order valence-corrected chi connectivity index (χ4v) is 8.20. The maximum Gasteiger partial charge on any atom is 0.306 e. The van der Waals surface area contributed by atoms with Gasteiger partial charge in [-0.05, 0) is 51.4 Å². The van der Waals surface area contributed by atoms with Crippen molar-refractivity contribution in [3.8, 4) is 0 Å². The van der Waals surface area contributed by atoms with Gasteiger partial charge in [0.15, 0.2) is 0 Å². The van der Waals surface area contributed by atoms with E-state index in [2.05, 4.69) is 62.5 Å². The van der Waals surface area contributed by atoms with Crippen molar-refractivity contribution in [2.75, 3.05) is 6.61 Å². The number of aliphatic hydroxyl groups excluding tert-OH is 2. The molecule has 0 rings (SSSR count). The van der Waals surface area contributed by atoms with Gasteiger partial charge in [-0.15, -0.1) is 0 Å². The van der Waals surface area contributed by atoms with Crippen molar-refractivity contribution in [2.24, 2.45) is 0 Å². The molecule has 3 unspecified atom stereocenters. The van der Waals surface area contributed by atoms with Gasteiger partial charge in [-0.25, -0.2) is 0 Å². The minimum absolute atomic E-state index is 0.0720. The molecule has 0 spiro atoms. The summed E-state index contributed by atoms with van der Waals surface area (Å²) < 4.78 is 5.91. The highest BCUT2D eigenvalue weighted by Crippen LogP contribution is 2.18. The van der Waals surface area contributed by atoms with Gasteiger partial charge < -0.3 is 20.3 Å². The highest BCUT2D eigenvalue weighted by atomic mass is 16.5. The molecule has 0 aliphatic heterocycles. The first-order valence-corrected chi connectivity index (χ1v) is 26.7. The van der Waals surface area contributed by atoms with Crippen LogP contribution < -0.4 is 5.32 Å². The lowest BCUT2D eigenvalue weighted by atomic mass is 10.0. The first kappa shape index (κ1) is 59.1. The lowest BCUT2D eigenvalue weighted by Crippen LogP contribution is -2.46. The number of ether oxygens (including phenoxy) is 1. The summed E-state index contributed by atoms with van der Waals surface area (Å²) >= 11 is 0. The second-order valence-corrected chi connectivity index (χ2v) is 18.3. The fourth-order valence-electron chi connectivity index (χ4n) is 8.20. The van der Waals surface area contributed by atoms with Gasteiger partial charge in [0, 0.05) is 6.42 Å². The largest absolute Gasteiger partial charge is 0.462 e. The second kappa shape index (κ2) is 49.1. The van der Waals surface area contributed by atoms with E-state index in [-0.39, 0.29) is 24.9 Å². The number of carbonyl (C=O) groups excluding carboxylic acids is 2. The number of unbranched alkanes of at least 4 members (excludes halogenated alkanes) is 32. The molecule has 0 bridgehead atoms. The predicted octanol–water partition coefficient (Wildman–Crippen LogP) is 16.1. The molecular weight excluding hydrogens is 755 g/mol. The van der Waals surface area contributed by atoms with Crippen LogP contribution in [-0.2, 0) is 14.3 Å². The molecule has 0 aromatic rings. The van der Waals surface area contributed by atoms with Crippen LogP contribution >= 0.6 is 0 Å². The molecule has 0 saturated carbocycles. The van der Waals surface area contributed by atoms with Crippen LogP contribution in [0.15, 0.2) is 36.5 Å². The summed E-state index contributed by atoms with van der Waals surface area (Å²) in [4.78, 5) is 26.1. The molecule has 0 aromatic heterocycles. The van der Waals surface area contributed by atoms with Gasteiger partial charge in [0.25, 0.3) is 0 Å². The average Bonchev–Trinajstić information content (AvgIpc) is 3.25. The zero-order valence-corrected chi connectivity index (χ0v) is 40.8. The van der Waals surface area contributed by atoms with Gasteiger partial charge in [-0.2, -0.15) is 0 Å². The Balaban J connectivity index is 4.40. The van der Waals surface area contributed by atoms with E-state index >= 15 is 0 Å². The molecular formula is C55H103NO5. The summed E-state index contributed by atoms with van der Waals surface area (Å²) in [6.07, 6.45) is 57.8. The van der Waals surface area contributed by atoms with Crippen molar-refractivity contribution in [2.45, 2.75) is 296 Å². The number of allylic oxidation sites excluding steroid dienone is 6. The molecule has 0 fully saturated rings. The number of esters is 1. The first-order valence-electron chi connectivity index (χ1n) is 26.7. The molecule has 358 valence electrons. The van der Waals surface area contributed by atoms with Gasteiger partial charge in [0.2, 0.25) is 5.91 Å². The second-order valence-electron chi connectivity index (χ2n) is 18.3. The lowest BCUT2D eigenvalue weighted by molar-refractivity contribution is -0.151. The fraction of sp³-hybridized carbons (Fsp3) is 0.855. The van der Waals surface area contributed by atoms with Gasteiger partial charge in [0.05, 0.1) is 25.2 Å². The van der Waals surface area contributed by atoms with E-state index in [9.17, 15) is 19.8 Å². The quantitative estimate of drug-likeness (QED) is 0.0322. The highest BCUT2D eigenvalue weighted by molar-refractivity contribution is 5.77. The summed E-state index contributed by atoms with van der Waals surface area (Å²) in [6, 6.07) is -0.702. The monoisotopic (exact) mass is 858 g/mol. The van der Waals surface area contributed by atoms with Crippen molar-refractivity contribution in [3.05, 3.63) is 36.5 Å². The van der Waals surface area contributed by atoms with Crippen LogP contribution in [0.1, 0.15) is 278 Å². The molecule has 0 radical (unpaired) electrons. The first-order chi connectivity index (χ1) is 30.0. The number of aliphatic hydroxyl groups is 2. The van der Waals surface area contributed by atoms with Crippen molar-refractivity contribution in [1.82, 2.24) is 5.32 Å². The Morgan fingerprint density at radius 3 is 1.25 bits per heavy atom. The molecule has 3 atom stereocenters. The predicted molar refractivity (Wildman–Crippen MR) is 264 cm³/mol. The molecule has 3 N–H and O–H groups in total. The maximum atomic E-state index is 13.2. The van der Waals surface area contributed by atoms with Crippen molar-refractivity contribution < 1.29 is 24.5 Å². The number of nitrogens with one attached hydrogen (secondary N) is 1. The third-order valence-corrected chi connectivity index (χ3v) is 12.3. The molecule has 6 nitrogen and oxygen atoms in total. The number of carbonyl (C=O) groups is 2. The maximum absolute atomic E-state index is 13.2. The number of hydrogen-bond donors (Lipinski definition) is 3. The van der Waals surface area contributed by atoms with Crippen LogP contribution in [0.2, 0.25) is 0 Å². The number of amides is 1. The Bertz CT molecular complexity index is 1010. The third kappa shape index (κ3) is 44.5. The van der Waals surface area contributed by atoms with Crippen LogP contribution in [0.5, 0.6) is 0 Å². The zero-order chi connectivity index (χ0) is 44.5. The molecule has 61 heavy (non-hydrogen) atoms. The summed E-state index contributed by atoms with van der Waals surface area (Å²) in [5.74, 6) is -0.489. The van der Waals surface area contributed by atoms with Gasteiger partial charge in [-0.3, -0.25) is 9.59 Å². The normalized spacial score (nSPS) is 13.5. The highest BCUT2D eigenvalue weighted by Gasteiger charge is 2.24. The zero-order valence-electron chi connectivity index (χ0n) is 40.8. The standard InChI is InChI=1S/C55H103NO5/c1-4-7-10-13-16-19-21-23-25-27-28-30-32-34-36-39-42-45-48-55(60)61-51(46-43-40-37-18-15-12-9-6-3)49-54(59)56-52(50-57)53(58)47-44-41-38-35-33-31-29-26-24-22-20-17-14-11-8-5-2/h21,23,25,27-28,30,51-53,57-58H,4-20,22,24,26,29,31-50H2,1-3H3,(H,56,59)/b23-21+,27-25+,30-28+. The van der Waals surface area contributed by atoms with E-state index in [4.69, 9.17) is 4.74 Å². The van der Waals surface area contributed by atoms with Gasteiger partial charge in [-0.1, -0.05) is 250 Å². The van der Waals surface area contributed by atoms with E-state index in [0.717, 1.165) is 70.6 Å². The molecule has 1 amide bonds. The smallest absolute Gasteiger partial charge is 0.306 e. The summed E-state index contributed by atoms with van der Waals surface area (Å²) in [5, 5.41) is 23.8. The topological polar surface area (TPSA) is 95.9 Å². The van der Waals surface area contributed by atoms with Crippen molar-refractivity contribution in [1.29, 1.82) is 0 Å². The summed E-state index contributed by atoms with van der Waals surface area (Å²) in [6.45, 7) is 6.46. The Hall–Kier alpha value is -1.92. The van der Waals surface area contributed by atoms with E-state index in [0.29, 0.717) is 19.3 Å². The SMILES string of the molecule is CCCCCCC/C=C/C=C/C=C/CCCCCCCC(=O)OC(CCCCCCCCCC)CC(=O)NC(CO)C(O)CCCCCCCCCCCCCCCCCC. The van der Waals surface area contributed by atoms with E-state index in [1.54, 1.807) is 0 Å². The Morgan fingerprint density at radius 2 is 0.836 bits per heavy atom. The van der Waals surface area contributed by atoms with E-state index in [1.807, 2.05) is 0 Å².